The van der Waals surface area contributed by atoms with E-state index in [4.69, 9.17) is 0 Å². The number of anilines is 1. The molecule has 1 aromatic carbocycles. The summed E-state index contributed by atoms with van der Waals surface area (Å²) < 4.78 is 0. The van der Waals surface area contributed by atoms with Gasteiger partial charge in [-0.2, -0.15) is 5.26 Å². The molecule has 2 fully saturated rings. The van der Waals surface area contributed by atoms with E-state index in [1.54, 1.807) is 16.8 Å². The van der Waals surface area contributed by atoms with Gasteiger partial charge in [0.05, 0.1) is 18.7 Å². The van der Waals surface area contributed by atoms with Gasteiger partial charge in [0, 0.05) is 12.2 Å². The van der Waals surface area contributed by atoms with Crippen LogP contribution in [0.5, 0.6) is 0 Å². The van der Waals surface area contributed by atoms with E-state index in [0.717, 1.165) is 18.5 Å². The van der Waals surface area contributed by atoms with Crippen molar-refractivity contribution in [3.05, 3.63) is 30.3 Å². The highest BCUT2D eigenvalue weighted by Gasteiger charge is 2.38. The summed E-state index contributed by atoms with van der Waals surface area (Å²) in [6.07, 6.45) is 4.06. The van der Waals surface area contributed by atoms with E-state index in [-0.39, 0.29) is 24.4 Å². The normalized spacial score (nSPS) is 22.2. The van der Waals surface area contributed by atoms with Crippen LogP contribution in [-0.2, 0) is 9.59 Å². The third kappa shape index (κ3) is 3.67. The summed E-state index contributed by atoms with van der Waals surface area (Å²) in [5.74, 6) is -0.158. The van der Waals surface area contributed by atoms with E-state index in [2.05, 4.69) is 11.4 Å². The van der Waals surface area contributed by atoms with Gasteiger partial charge in [0.25, 0.3) is 0 Å². The Labute approximate surface area is 148 Å². The highest BCUT2D eigenvalue weighted by atomic mass is 16.2. The van der Waals surface area contributed by atoms with E-state index >= 15 is 0 Å². The first-order valence-corrected chi connectivity index (χ1v) is 8.84. The van der Waals surface area contributed by atoms with Crippen LogP contribution in [0.3, 0.4) is 0 Å². The zero-order valence-corrected chi connectivity index (χ0v) is 14.6. The Morgan fingerprint density at radius 1 is 1.36 bits per heavy atom. The summed E-state index contributed by atoms with van der Waals surface area (Å²) >= 11 is 0. The first kappa shape index (κ1) is 17.4. The summed E-state index contributed by atoms with van der Waals surface area (Å²) in [4.78, 5) is 28.6. The lowest BCUT2D eigenvalue weighted by Crippen LogP contribution is -2.50. The Morgan fingerprint density at radius 2 is 2.04 bits per heavy atom. The number of rotatable bonds is 5. The van der Waals surface area contributed by atoms with Crippen LogP contribution in [-0.4, -0.2) is 48.4 Å². The average molecular weight is 340 g/mol. The number of nitriles is 1. The van der Waals surface area contributed by atoms with Crippen LogP contribution >= 0.6 is 0 Å². The van der Waals surface area contributed by atoms with Crippen LogP contribution in [0.1, 0.15) is 32.1 Å². The molecule has 1 aliphatic heterocycles. The molecule has 2 amide bonds. The van der Waals surface area contributed by atoms with Gasteiger partial charge in [-0.15, -0.1) is 0 Å². The maximum atomic E-state index is 12.7. The molecule has 2 aliphatic rings. The molecule has 1 atom stereocenters. The number of nitrogens with zero attached hydrogens (tertiary/aromatic N) is 3. The number of benzene rings is 1. The predicted molar refractivity (Wildman–Crippen MR) is 94.8 cm³/mol. The van der Waals surface area contributed by atoms with E-state index < -0.39 is 5.54 Å². The van der Waals surface area contributed by atoms with E-state index in [1.165, 1.54) is 0 Å². The van der Waals surface area contributed by atoms with Crippen molar-refractivity contribution >= 4 is 17.5 Å². The minimum atomic E-state index is -0.715. The lowest BCUT2D eigenvalue weighted by molar-refractivity contribution is -0.126. The van der Waals surface area contributed by atoms with Gasteiger partial charge in [0.15, 0.2) is 0 Å². The molecule has 1 saturated heterocycles. The van der Waals surface area contributed by atoms with Gasteiger partial charge >= 0.3 is 0 Å². The maximum Gasteiger partial charge on any atom is 0.244 e. The highest BCUT2D eigenvalue weighted by Crippen LogP contribution is 2.29. The van der Waals surface area contributed by atoms with Crippen molar-refractivity contribution in [3.63, 3.8) is 0 Å². The first-order valence-electron chi connectivity index (χ1n) is 8.84. The van der Waals surface area contributed by atoms with Gasteiger partial charge < -0.3 is 10.2 Å². The molecule has 1 unspecified atom stereocenters. The highest BCUT2D eigenvalue weighted by molar-refractivity contribution is 5.99. The molecule has 0 aromatic heterocycles. The van der Waals surface area contributed by atoms with Crippen molar-refractivity contribution in [3.8, 4) is 6.07 Å². The van der Waals surface area contributed by atoms with E-state index in [0.29, 0.717) is 25.8 Å². The maximum absolute atomic E-state index is 12.7. The Kier molecular flexibility index (Phi) is 5.05. The molecule has 6 nitrogen and oxygen atoms in total. The standard InChI is InChI=1S/C19H24N4O2/c1-22(13-17(24)21-19(14-20)10-5-6-11-19)16-9-12-23(18(16)25)15-7-3-2-4-8-15/h2-4,7-8,16H,5-6,9-13H2,1H3,(H,21,24). The first-order chi connectivity index (χ1) is 12.0. The number of likely N-dealkylation sites (N-methyl/N-ethyl adjacent to an activating group) is 1. The second kappa shape index (κ2) is 7.24. The number of hydrogen-bond acceptors (Lipinski definition) is 4. The molecule has 132 valence electrons. The lowest BCUT2D eigenvalue weighted by atomic mass is 10.00. The lowest BCUT2D eigenvalue weighted by Gasteiger charge is -2.26. The Bertz CT molecular complexity index is 676. The molecular weight excluding hydrogens is 316 g/mol. The van der Waals surface area contributed by atoms with Crippen LogP contribution in [0.25, 0.3) is 0 Å². The van der Waals surface area contributed by atoms with Crippen molar-refractivity contribution in [1.29, 1.82) is 5.26 Å². The van der Waals surface area contributed by atoms with Crippen molar-refractivity contribution in [2.45, 2.75) is 43.7 Å². The summed E-state index contributed by atoms with van der Waals surface area (Å²) in [6, 6.07) is 11.6. The van der Waals surface area contributed by atoms with Gasteiger partial charge in [0.1, 0.15) is 5.54 Å². The largest absolute Gasteiger partial charge is 0.337 e. The van der Waals surface area contributed by atoms with Crippen LogP contribution in [0.2, 0.25) is 0 Å². The minimum absolute atomic E-state index is 0.0253. The Morgan fingerprint density at radius 3 is 2.68 bits per heavy atom. The number of carbonyl (C=O) groups is 2. The minimum Gasteiger partial charge on any atom is -0.337 e. The van der Waals surface area contributed by atoms with Crippen LogP contribution in [0, 0.1) is 11.3 Å². The summed E-state index contributed by atoms with van der Waals surface area (Å²) in [5.41, 5.74) is 0.176. The number of hydrogen-bond donors (Lipinski definition) is 1. The van der Waals surface area contributed by atoms with Crippen molar-refractivity contribution in [1.82, 2.24) is 10.2 Å². The fourth-order valence-corrected chi connectivity index (χ4v) is 3.82. The van der Waals surface area contributed by atoms with Gasteiger partial charge in [-0.1, -0.05) is 18.2 Å². The molecule has 0 bridgehead atoms. The van der Waals surface area contributed by atoms with Gasteiger partial charge in [-0.3, -0.25) is 14.5 Å². The van der Waals surface area contributed by atoms with Crippen molar-refractivity contribution < 1.29 is 9.59 Å². The van der Waals surface area contributed by atoms with Gasteiger partial charge in [-0.05, 0) is 51.3 Å². The molecule has 1 N–H and O–H groups in total. The van der Waals surface area contributed by atoms with Gasteiger partial charge in [0.2, 0.25) is 11.8 Å². The Balaban J connectivity index is 1.58. The molecular formula is C19H24N4O2. The average Bonchev–Trinajstić information content (AvgIpc) is 3.22. The topological polar surface area (TPSA) is 76.4 Å². The van der Waals surface area contributed by atoms with Crippen LogP contribution < -0.4 is 10.2 Å². The molecule has 0 spiro atoms. The zero-order valence-electron chi connectivity index (χ0n) is 14.6. The molecule has 25 heavy (non-hydrogen) atoms. The fourth-order valence-electron chi connectivity index (χ4n) is 3.82. The monoisotopic (exact) mass is 340 g/mol. The third-order valence-electron chi connectivity index (χ3n) is 5.22. The zero-order chi connectivity index (χ0) is 17.9. The fraction of sp³-hybridized carbons (Fsp3) is 0.526. The summed E-state index contributed by atoms with van der Waals surface area (Å²) in [5, 5.41) is 12.3. The van der Waals surface area contributed by atoms with Crippen LogP contribution in [0.4, 0.5) is 5.69 Å². The van der Waals surface area contributed by atoms with Crippen molar-refractivity contribution in [2.75, 3.05) is 25.0 Å². The number of para-hydroxylation sites is 1. The quantitative estimate of drug-likeness (QED) is 0.885. The summed E-state index contributed by atoms with van der Waals surface area (Å²) in [6.45, 7) is 0.782. The number of carbonyl (C=O) groups excluding carboxylic acids is 2. The Hall–Kier alpha value is -2.39. The summed E-state index contributed by atoms with van der Waals surface area (Å²) in [7, 11) is 1.80. The number of nitrogens with one attached hydrogen (secondary N) is 1. The molecule has 1 aliphatic carbocycles. The second-order valence-corrected chi connectivity index (χ2v) is 6.99. The molecule has 1 saturated carbocycles. The molecule has 6 heteroatoms. The van der Waals surface area contributed by atoms with Crippen LogP contribution in [0.15, 0.2) is 30.3 Å². The molecule has 1 heterocycles. The SMILES string of the molecule is CN(CC(=O)NC1(C#N)CCCC1)C1CCN(c2ccccc2)C1=O. The molecule has 0 radical (unpaired) electrons. The molecule has 3 rings (SSSR count). The predicted octanol–water partition coefficient (Wildman–Crippen LogP) is 1.68. The molecule has 1 aromatic rings. The second-order valence-electron chi connectivity index (χ2n) is 6.99. The smallest absolute Gasteiger partial charge is 0.244 e. The number of amides is 2. The van der Waals surface area contributed by atoms with E-state index in [9.17, 15) is 14.9 Å². The van der Waals surface area contributed by atoms with E-state index in [1.807, 2.05) is 30.3 Å². The third-order valence-corrected chi connectivity index (χ3v) is 5.22. The van der Waals surface area contributed by atoms with Gasteiger partial charge in [-0.25, -0.2) is 0 Å². The van der Waals surface area contributed by atoms with Crippen molar-refractivity contribution in [2.24, 2.45) is 0 Å².